The highest BCUT2D eigenvalue weighted by Gasteiger charge is 2.20. The number of nitrogens with one attached hydrogen (secondary N) is 1. The van der Waals surface area contributed by atoms with E-state index < -0.39 is 0 Å². The molecule has 1 aliphatic rings. The molecule has 0 saturated carbocycles. The fourth-order valence-corrected chi connectivity index (χ4v) is 1.46. The first kappa shape index (κ1) is 9.33. The van der Waals surface area contributed by atoms with E-state index in [-0.39, 0.29) is 5.41 Å². The molecule has 0 amide bonds. The highest BCUT2D eigenvalue weighted by molar-refractivity contribution is 5.31. The Morgan fingerprint density at radius 1 is 1.58 bits per heavy atom. The molecule has 0 aliphatic heterocycles. The second kappa shape index (κ2) is 3.31. The fourth-order valence-electron chi connectivity index (χ4n) is 1.46. The molecule has 0 unspecified atom stereocenters. The summed E-state index contributed by atoms with van der Waals surface area (Å²) >= 11 is 0. The van der Waals surface area contributed by atoms with E-state index in [0.717, 1.165) is 18.7 Å². The normalized spacial score (nSPS) is 21.6. The summed E-state index contributed by atoms with van der Waals surface area (Å²) in [4.78, 5) is 0. The van der Waals surface area contributed by atoms with E-state index >= 15 is 0 Å². The zero-order valence-corrected chi connectivity index (χ0v) is 8.15. The van der Waals surface area contributed by atoms with Crippen LogP contribution in [0.15, 0.2) is 23.4 Å². The van der Waals surface area contributed by atoms with Crippen LogP contribution in [0.25, 0.3) is 0 Å². The summed E-state index contributed by atoms with van der Waals surface area (Å²) in [5, 5.41) is 3.11. The first-order valence-electron chi connectivity index (χ1n) is 4.36. The Labute approximate surface area is 74.5 Å². The van der Waals surface area contributed by atoms with Gasteiger partial charge in [-0.15, -0.1) is 0 Å². The van der Waals surface area contributed by atoms with Crippen molar-refractivity contribution in [3.8, 4) is 0 Å². The summed E-state index contributed by atoms with van der Waals surface area (Å²) in [7, 11) is 1.94. The van der Waals surface area contributed by atoms with Gasteiger partial charge in [-0.3, -0.25) is 0 Å². The number of allylic oxidation sites excluding steroid dienone is 2. The van der Waals surface area contributed by atoms with E-state index in [1.807, 2.05) is 7.05 Å². The lowest BCUT2D eigenvalue weighted by atomic mass is 9.82. The monoisotopic (exact) mass is 166 g/mol. The Morgan fingerprint density at radius 2 is 2.25 bits per heavy atom. The summed E-state index contributed by atoms with van der Waals surface area (Å²) in [6.45, 7) is 5.28. The third kappa shape index (κ3) is 2.11. The van der Waals surface area contributed by atoms with E-state index in [9.17, 15) is 0 Å². The van der Waals surface area contributed by atoms with Gasteiger partial charge in [-0.05, 0) is 24.5 Å². The molecule has 1 aliphatic carbocycles. The van der Waals surface area contributed by atoms with Crippen molar-refractivity contribution in [3.05, 3.63) is 23.4 Å². The maximum absolute atomic E-state index is 5.93. The van der Waals surface area contributed by atoms with Crippen molar-refractivity contribution in [3.63, 3.8) is 0 Å². The minimum Gasteiger partial charge on any atom is -0.402 e. The molecule has 0 saturated heterocycles. The molecule has 0 radical (unpaired) electrons. The largest absolute Gasteiger partial charge is 0.402 e. The molecule has 3 N–H and O–H groups in total. The van der Waals surface area contributed by atoms with E-state index in [1.165, 1.54) is 5.57 Å². The van der Waals surface area contributed by atoms with Gasteiger partial charge >= 0.3 is 0 Å². The third-order valence-electron chi connectivity index (χ3n) is 2.16. The molecular weight excluding hydrogens is 148 g/mol. The minimum atomic E-state index is 0.237. The number of likely N-dealkylation sites (N-methyl/N-ethyl adjacent to an activating group) is 1. The molecular formula is C10H18N2. The first-order chi connectivity index (χ1) is 5.55. The maximum Gasteiger partial charge on any atom is 0.0219 e. The summed E-state index contributed by atoms with van der Waals surface area (Å²) < 4.78 is 0. The SMILES string of the molecule is CNCC1=C(N)CC(C)(C)C=C1. The molecule has 0 bridgehead atoms. The van der Waals surface area contributed by atoms with Crippen LogP contribution in [-0.4, -0.2) is 13.6 Å². The van der Waals surface area contributed by atoms with Gasteiger partial charge in [-0.25, -0.2) is 0 Å². The van der Waals surface area contributed by atoms with Gasteiger partial charge in [0, 0.05) is 12.2 Å². The van der Waals surface area contributed by atoms with Gasteiger partial charge < -0.3 is 11.1 Å². The van der Waals surface area contributed by atoms with Crippen LogP contribution in [0.3, 0.4) is 0 Å². The molecule has 68 valence electrons. The number of hydrogen-bond acceptors (Lipinski definition) is 2. The van der Waals surface area contributed by atoms with Crippen molar-refractivity contribution in [2.24, 2.45) is 11.1 Å². The number of nitrogens with two attached hydrogens (primary N) is 1. The van der Waals surface area contributed by atoms with Crippen LogP contribution in [0.4, 0.5) is 0 Å². The third-order valence-corrected chi connectivity index (χ3v) is 2.16. The van der Waals surface area contributed by atoms with Gasteiger partial charge in [-0.2, -0.15) is 0 Å². The van der Waals surface area contributed by atoms with E-state index in [4.69, 9.17) is 5.73 Å². The van der Waals surface area contributed by atoms with Crippen molar-refractivity contribution < 1.29 is 0 Å². The Bertz CT molecular complexity index is 224. The fraction of sp³-hybridized carbons (Fsp3) is 0.600. The number of hydrogen-bond donors (Lipinski definition) is 2. The van der Waals surface area contributed by atoms with E-state index in [1.54, 1.807) is 0 Å². The van der Waals surface area contributed by atoms with Crippen molar-refractivity contribution >= 4 is 0 Å². The van der Waals surface area contributed by atoms with Crippen molar-refractivity contribution in [2.45, 2.75) is 20.3 Å². The average Bonchev–Trinajstić information content (AvgIpc) is 1.94. The standard InChI is InChI=1S/C10H18N2/c1-10(2)5-4-8(7-12-3)9(11)6-10/h4-5,12H,6-7,11H2,1-3H3. The number of rotatable bonds is 2. The molecule has 0 aromatic heterocycles. The lowest BCUT2D eigenvalue weighted by Gasteiger charge is -2.26. The molecule has 12 heavy (non-hydrogen) atoms. The van der Waals surface area contributed by atoms with Gasteiger partial charge in [-0.1, -0.05) is 26.0 Å². The van der Waals surface area contributed by atoms with Crippen molar-refractivity contribution in [2.75, 3.05) is 13.6 Å². The maximum atomic E-state index is 5.93. The molecule has 0 fully saturated rings. The van der Waals surface area contributed by atoms with Crippen LogP contribution in [-0.2, 0) is 0 Å². The summed E-state index contributed by atoms with van der Waals surface area (Å²) in [6, 6.07) is 0. The summed E-state index contributed by atoms with van der Waals surface area (Å²) in [5.41, 5.74) is 8.42. The quantitative estimate of drug-likeness (QED) is 0.651. The average molecular weight is 166 g/mol. The molecule has 0 aromatic carbocycles. The highest BCUT2D eigenvalue weighted by Crippen LogP contribution is 2.30. The molecule has 2 heteroatoms. The van der Waals surface area contributed by atoms with Crippen LogP contribution in [0.1, 0.15) is 20.3 Å². The minimum absolute atomic E-state index is 0.237. The van der Waals surface area contributed by atoms with Crippen molar-refractivity contribution in [1.82, 2.24) is 5.32 Å². The van der Waals surface area contributed by atoms with Gasteiger partial charge in [0.05, 0.1) is 0 Å². The molecule has 0 atom stereocenters. The van der Waals surface area contributed by atoms with Crippen molar-refractivity contribution in [1.29, 1.82) is 0 Å². The van der Waals surface area contributed by atoms with Crippen LogP contribution < -0.4 is 11.1 Å². The Balaban J connectivity index is 2.73. The van der Waals surface area contributed by atoms with Gasteiger partial charge in [0.1, 0.15) is 0 Å². The molecule has 1 rings (SSSR count). The lowest BCUT2D eigenvalue weighted by molar-refractivity contribution is 0.463. The Hall–Kier alpha value is -0.760. The molecule has 0 aromatic rings. The van der Waals surface area contributed by atoms with Gasteiger partial charge in [0.2, 0.25) is 0 Å². The van der Waals surface area contributed by atoms with E-state index in [0.29, 0.717) is 0 Å². The topological polar surface area (TPSA) is 38.0 Å². The van der Waals surface area contributed by atoms with Crippen LogP contribution in [0.5, 0.6) is 0 Å². The second-order valence-electron chi connectivity index (χ2n) is 4.08. The molecule has 0 heterocycles. The van der Waals surface area contributed by atoms with Crippen LogP contribution in [0.2, 0.25) is 0 Å². The smallest absolute Gasteiger partial charge is 0.0219 e. The van der Waals surface area contributed by atoms with Crippen LogP contribution >= 0.6 is 0 Å². The zero-order chi connectivity index (χ0) is 9.19. The molecule has 0 spiro atoms. The van der Waals surface area contributed by atoms with Gasteiger partial charge in [0.15, 0.2) is 0 Å². The Morgan fingerprint density at radius 3 is 2.75 bits per heavy atom. The highest BCUT2D eigenvalue weighted by atomic mass is 14.8. The predicted molar refractivity (Wildman–Crippen MR) is 52.7 cm³/mol. The van der Waals surface area contributed by atoms with E-state index in [2.05, 4.69) is 31.3 Å². The first-order valence-corrected chi connectivity index (χ1v) is 4.36. The summed E-state index contributed by atoms with van der Waals surface area (Å²) in [5.74, 6) is 0. The second-order valence-corrected chi connectivity index (χ2v) is 4.08. The van der Waals surface area contributed by atoms with Crippen LogP contribution in [0, 0.1) is 5.41 Å². The van der Waals surface area contributed by atoms with Gasteiger partial charge in [0.25, 0.3) is 0 Å². The summed E-state index contributed by atoms with van der Waals surface area (Å²) in [6.07, 6.45) is 5.34. The molecule has 2 nitrogen and oxygen atoms in total. The lowest BCUT2D eigenvalue weighted by Crippen LogP contribution is -2.22. The Kier molecular flexibility index (Phi) is 2.58. The zero-order valence-electron chi connectivity index (χ0n) is 8.15. The predicted octanol–water partition coefficient (Wildman–Crippen LogP) is 1.40.